The average molecular weight is 547 g/mol. The van der Waals surface area contributed by atoms with Gasteiger partial charge in [-0.2, -0.15) is 0 Å². The van der Waals surface area contributed by atoms with Gasteiger partial charge in [0, 0.05) is 66.0 Å². The van der Waals surface area contributed by atoms with Gasteiger partial charge in [-0.05, 0) is 50.6 Å². The van der Waals surface area contributed by atoms with Gasteiger partial charge >= 0.3 is 7.12 Å². The second kappa shape index (κ2) is 7.06. The molecule has 38 heavy (non-hydrogen) atoms. The van der Waals surface area contributed by atoms with Crippen LogP contribution in [-0.4, -0.2) is 18.3 Å². The molecule has 9 rings (SSSR count). The summed E-state index contributed by atoms with van der Waals surface area (Å²) in [7, 11) is -0.386. The van der Waals surface area contributed by atoms with Crippen LogP contribution >= 0.6 is 34.0 Å². The Bertz CT molecular complexity index is 2250. The second-order valence-electron chi connectivity index (χ2n) is 11.5. The third-order valence-electron chi connectivity index (χ3n) is 8.87. The molecule has 6 heteroatoms. The Morgan fingerprint density at radius 3 is 1.82 bits per heavy atom. The van der Waals surface area contributed by atoms with Gasteiger partial charge in [0.15, 0.2) is 0 Å². The molecule has 0 N–H and O–H groups in total. The molecule has 8 aromatic rings. The Hall–Kier alpha value is -2.74. The Labute approximate surface area is 231 Å². The highest BCUT2D eigenvalue weighted by atomic mass is 32.1. The van der Waals surface area contributed by atoms with Gasteiger partial charge in [0.1, 0.15) is 0 Å². The van der Waals surface area contributed by atoms with E-state index in [0.717, 1.165) is 5.46 Å². The minimum absolute atomic E-state index is 0.378. The van der Waals surface area contributed by atoms with Gasteiger partial charge in [-0.3, -0.25) is 0 Å². The van der Waals surface area contributed by atoms with Crippen LogP contribution in [0.25, 0.3) is 71.3 Å². The van der Waals surface area contributed by atoms with Gasteiger partial charge in [0.2, 0.25) is 0 Å². The molecule has 1 saturated heterocycles. The Balaban J connectivity index is 1.54. The molecule has 0 bridgehead atoms. The van der Waals surface area contributed by atoms with Gasteiger partial charge in [-0.25, -0.2) is 0 Å². The van der Waals surface area contributed by atoms with Crippen LogP contribution in [0.1, 0.15) is 27.7 Å². The molecule has 1 aliphatic heterocycles. The summed E-state index contributed by atoms with van der Waals surface area (Å²) < 4.78 is 21.3. The molecule has 0 spiro atoms. The summed E-state index contributed by atoms with van der Waals surface area (Å²) in [6.07, 6.45) is 0. The molecule has 3 aromatic heterocycles. The molecule has 1 fully saturated rings. The maximum atomic E-state index is 6.59. The average Bonchev–Trinajstić information content (AvgIpc) is 3.49. The normalized spacial score (nSPS) is 17.6. The van der Waals surface area contributed by atoms with Gasteiger partial charge < -0.3 is 9.31 Å². The molecule has 5 aromatic carbocycles. The molecule has 0 radical (unpaired) electrons. The fourth-order valence-electron chi connectivity index (χ4n) is 6.27. The topological polar surface area (TPSA) is 18.5 Å². The molecular formula is C32H23BO2S3. The molecule has 0 aliphatic carbocycles. The zero-order chi connectivity index (χ0) is 25.6. The van der Waals surface area contributed by atoms with Crippen LogP contribution < -0.4 is 5.46 Å². The number of hydrogen-bond donors (Lipinski definition) is 0. The summed E-state index contributed by atoms with van der Waals surface area (Å²) >= 11 is 5.79. The van der Waals surface area contributed by atoms with Gasteiger partial charge in [-0.15, -0.1) is 34.0 Å². The van der Waals surface area contributed by atoms with E-state index in [9.17, 15) is 0 Å². The first-order valence-corrected chi connectivity index (χ1v) is 15.5. The third-order valence-corrected chi connectivity index (χ3v) is 12.5. The minimum atomic E-state index is -0.386. The zero-order valence-corrected chi connectivity index (χ0v) is 23.9. The summed E-state index contributed by atoms with van der Waals surface area (Å²) in [6.45, 7) is 8.53. The highest BCUT2D eigenvalue weighted by Crippen LogP contribution is 2.54. The van der Waals surface area contributed by atoms with Crippen molar-refractivity contribution >= 4 is 118 Å². The molecule has 0 amide bonds. The lowest BCUT2D eigenvalue weighted by Gasteiger charge is -2.32. The van der Waals surface area contributed by atoms with Crippen molar-refractivity contribution in [2.24, 2.45) is 0 Å². The van der Waals surface area contributed by atoms with Crippen LogP contribution in [0.3, 0.4) is 0 Å². The van der Waals surface area contributed by atoms with E-state index in [-0.39, 0.29) is 18.3 Å². The summed E-state index contributed by atoms with van der Waals surface area (Å²) in [5.74, 6) is 0. The molecule has 4 heterocycles. The molecule has 0 saturated carbocycles. The summed E-state index contributed by atoms with van der Waals surface area (Å²) in [4.78, 5) is 0. The minimum Gasteiger partial charge on any atom is -0.399 e. The lowest BCUT2D eigenvalue weighted by atomic mass is 9.78. The van der Waals surface area contributed by atoms with E-state index in [1.54, 1.807) is 0 Å². The summed E-state index contributed by atoms with van der Waals surface area (Å²) in [6, 6.07) is 24.8. The fraction of sp³-hybridized carbons (Fsp3) is 0.188. The van der Waals surface area contributed by atoms with E-state index in [2.05, 4.69) is 94.4 Å². The highest BCUT2D eigenvalue weighted by molar-refractivity contribution is 7.33. The first kappa shape index (κ1) is 22.1. The lowest BCUT2D eigenvalue weighted by Crippen LogP contribution is -2.41. The van der Waals surface area contributed by atoms with E-state index < -0.39 is 0 Å². The van der Waals surface area contributed by atoms with E-state index >= 15 is 0 Å². The van der Waals surface area contributed by atoms with Crippen molar-refractivity contribution < 1.29 is 9.31 Å². The van der Waals surface area contributed by atoms with Crippen molar-refractivity contribution in [1.29, 1.82) is 0 Å². The predicted molar refractivity (Wildman–Crippen MR) is 170 cm³/mol. The van der Waals surface area contributed by atoms with Crippen LogP contribution in [0, 0.1) is 0 Å². The van der Waals surface area contributed by atoms with Crippen LogP contribution in [0.15, 0.2) is 66.7 Å². The maximum Gasteiger partial charge on any atom is 0.496 e. The van der Waals surface area contributed by atoms with Crippen molar-refractivity contribution in [2.75, 3.05) is 0 Å². The van der Waals surface area contributed by atoms with Crippen molar-refractivity contribution in [1.82, 2.24) is 0 Å². The van der Waals surface area contributed by atoms with Crippen molar-refractivity contribution in [3.63, 3.8) is 0 Å². The van der Waals surface area contributed by atoms with Gasteiger partial charge in [0.05, 0.1) is 11.2 Å². The monoisotopic (exact) mass is 546 g/mol. The van der Waals surface area contributed by atoms with Crippen molar-refractivity contribution in [2.45, 2.75) is 38.9 Å². The first-order chi connectivity index (χ1) is 18.3. The maximum absolute atomic E-state index is 6.59. The third kappa shape index (κ3) is 2.61. The molecule has 2 nitrogen and oxygen atoms in total. The number of rotatable bonds is 1. The Morgan fingerprint density at radius 1 is 0.553 bits per heavy atom. The molecule has 0 unspecified atom stereocenters. The zero-order valence-electron chi connectivity index (χ0n) is 21.5. The smallest absolute Gasteiger partial charge is 0.399 e. The van der Waals surface area contributed by atoms with E-state index in [4.69, 9.17) is 9.31 Å². The van der Waals surface area contributed by atoms with Crippen molar-refractivity contribution in [3.8, 4) is 0 Å². The van der Waals surface area contributed by atoms with Crippen LogP contribution in [0.2, 0.25) is 0 Å². The quantitative estimate of drug-likeness (QED) is 0.191. The van der Waals surface area contributed by atoms with Crippen LogP contribution in [0.4, 0.5) is 0 Å². The van der Waals surface area contributed by atoms with Crippen LogP contribution in [-0.2, 0) is 9.31 Å². The van der Waals surface area contributed by atoms with Crippen LogP contribution in [0.5, 0.6) is 0 Å². The molecule has 184 valence electrons. The number of fused-ring (bicyclic) bond motifs is 5. The van der Waals surface area contributed by atoms with Gasteiger partial charge in [-0.1, -0.05) is 54.6 Å². The van der Waals surface area contributed by atoms with E-state index in [1.165, 1.54) is 71.3 Å². The SMILES string of the molecule is CC1(C)OB(c2ccc3sc4c5ccccc5cc5sc6c7ccccc7c7sc2c3c7c6c54)OC1(C)C. The summed E-state index contributed by atoms with van der Waals surface area (Å²) in [5.41, 5.74) is 0.386. The molecule has 0 atom stereocenters. The Kier molecular flexibility index (Phi) is 4.11. The van der Waals surface area contributed by atoms with Crippen molar-refractivity contribution in [3.05, 3.63) is 66.7 Å². The largest absolute Gasteiger partial charge is 0.496 e. The Morgan fingerprint density at radius 2 is 1.11 bits per heavy atom. The number of hydrogen-bond acceptors (Lipinski definition) is 5. The first-order valence-electron chi connectivity index (χ1n) is 13.0. The number of thiophene rings is 2. The van der Waals surface area contributed by atoms with Gasteiger partial charge in [0.25, 0.3) is 0 Å². The lowest BCUT2D eigenvalue weighted by molar-refractivity contribution is 0.00578. The predicted octanol–water partition coefficient (Wildman–Crippen LogP) is 9.68. The standard InChI is InChI=1S/C32H23BO2S3/c1-31(2)32(3,4)35-33(34-31)20-13-14-21-23-25-26-24-22(15-16-9-5-6-10-17(16)27(24)36-21)37-28(26)18-11-7-8-12-19(18)29(25)38-30(20)23/h5-15H,1-4H3. The molecular weight excluding hydrogens is 523 g/mol. The molecule has 1 aliphatic rings. The second-order valence-corrected chi connectivity index (χ2v) is 14.6. The number of benzene rings is 5. The summed E-state index contributed by atoms with van der Waals surface area (Å²) in [5, 5.41) is 10.9. The highest BCUT2D eigenvalue weighted by Gasteiger charge is 2.52. The van der Waals surface area contributed by atoms with E-state index in [0.29, 0.717) is 0 Å². The fourth-order valence-corrected chi connectivity index (χ4v) is 10.4. The van der Waals surface area contributed by atoms with E-state index in [1.807, 2.05) is 34.0 Å².